The van der Waals surface area contributed by atoms with Gasteiger partial charge in [0.25, 0.3) is 0 Å². The molecular formula is C15H20N6O. The molecule has 2 aromatic rings. The van der Waals surface area contributed by atoms with Crippen LogP contribution in [-0.2, 0) is 0 Å². The highest BCUT2D eigenvalue weighted by atomic mass is 16.5. The number of hydrogen-bond acceptors (Lipinski definition) is 7. The number of aromatic nitrogens is 2. The first-order valence-electron chi connectivity index (χ1n) is 7.22. The topological polar surface area (TPSA) is 102 Å². The van der Waals surface area contributed by atoms with Crippen LogP contribution in [0.2, 0.25) is 0 Å². The maximum atomic E-state index is 6.15. The van der Waals surface area contributed by atoms with Gasteiger partial charge >= 0.3 is 0 Å². The predicted octanol–water partition coefficient (Wildman–Crippen LogP) is 0.726. The Balaban J connectivity index is 2.17. The molecule has 0 bridgehead atoms. The van der Waals surface area contributed by atoms with Gasteiger partial charge in [0, 0.05) is 31.7 Å². The van der Waals surface area contributed by atoms with Crippen LogP contribution in [0.5, 0.6) is 5.75 Å². The number of benzene rings is 1. The summed E-state index contributed by atoms with van der Waals surface area (Å²) < 4.78 is 5.45. The number of rotatable bonds is 3. The fourth-order valence-electron chi connectivity index (χ4n) is 2.72. The minimum absolute atomic E-state index is 0.164. The van der Waals surface area contributed by atoms with Crippen LogP contribution in [0.1, 0.15) is 0 Å². The van der Waals surface area contributed by atoms with E-state index in [1.54, 1.807) is 7.11 Å². The molecule has 1 fully saturated rings. The summed E-state index contributed by atoms with van der Waals surface area (Å²) in [5.74, 6) is 1.30. The maximum Gasteiger partial charge on any atom is 0.222 e. The van der Waals surface area contributed by atoms with Gasteiger partial charge in [-0.05, 0) is 12.1 Å². The molecule has 0 saturated carbocycles. The lowest BCUT2D eigenvalue weighted by Gasteiger charge is -2.31. The van der Waals surface area contributed by atoms with Crippen molar-refractivity contribution in [1.82, 2.24) is 15.3 Å². The summed E-state index contributed by atoms with van der Waals surface area (Å²) in [6.07, 6.45) is 0. The first-order valence-corrected chi connectivity index (χ1v) is 7.22. The molecule has 2 heterocycles. The summed E-state index contributed by atoms with van der Waals surface area (Å²) in [6.45, 7) is 3.49. The van der Waals surface area contributed by atoms with Gasteiger partial charge in [-0.3, -0.25) is 0 Å². The normalized spacial score (nSPS) is 14.9. The summed E-state index contributed by atoms with van der Waals surface area (Å²) in [7, 11) is 1.64. The van der Waals surface area contributed by atoms with E-state index in [4.69, 9.17) is 16.2 Å². The van der Waals surface area contributed by atoms with E-state index in [2.05, 4.69) is 20.2 Å². The van der Waals surface area contributed by atoms with Crippen LogP contribution >= 0.6 is 0 Å². The lowest BCUT2D eigenvalue weighted by molar-refractivity contribution is 0.416. The molecule has 116 valence electrons. The zero-order valence-corrected chi connectivity index (χ0v) is 12.5. The summed E-state index contributed by atoms with van der Waals surface area (Å²) in [5.41, 5.74) is 14.4. The lowest BCUT2D eigenvalue weighted by Crippen LogP contribution is -2.44. The van der Waals surface area contributed by atoms with Gasteiger partial charge in [-0.15, -0.1) is 0 Å². The average molecular weight is 300 g/mol. The molecule has 0 aliphatic carbocycles. The molecule has 0 radical (unpaired) electrons. The highest BCUT2D eigenvalue weighted by Crippen LogP contribution is 2.38. The van der Waals surface area contributed by atoms with Gasteiger partial charge in [-0.2, -0.15) is 4.98 Å². The van der Waals surface area contributed by atoms with Gasteiger partial charge in [0.1, 0.15) is 17.1 Å². The molecule has 0 atom stereocenters. The third-order valence-electron chi connectivity index (χ3n) is 3.72. The molecule has 0 spiro atoms. The van der Waals surface area contributed by atoms with E-state index in [0.717, 1.165) is 43.2 Å². The monoisotopic (exact) mass is 300 g/mol. The van der Waals surface area contributed by atoms with Crippen molar-refractivity contribution in [2.24, 2.45) is 0 Å². The number of nitrogen functional groups attached to an aromatic ring is 2. The zero-order valence-electron chi connectivity index (χ0n) is 12.5. The zero-order chi connectivity index (χ0) is 15.5. The van der Waals surface area contributed by atoms with Crippen molar-refractivity contribution in [3.63, 3.8) is 0 Å². The summed E-state index contributed by atoms with van der Waals surface area (Å²) in [6, 6.07) is 7.70. The number of methoxy groups -OCH3 is 1. The molecule has 1 saturated heterocycles. The second-order valence-electron chi connectivity index (χ2n) is 5.10. The number of nitrogens with two attached hydrogens (primary N) is 2. The van der Waals surface area contributed by atoms with Gasteiger partial charge < -0.3 is 26.4 Å². The van der Waals surface area contributed by atoms with E-state index < -0.39 is 0 Å². The molecule has 7 heteroatoms. The fourth-order valence-corrected chi connectivity index (χ4v) is 2.72. The van der Waals surface area contributed by atoms with Crippen molar-refractivity contribution >= 4 is 17.5 Å². The third kappa shape index (κ3) is 2.62. The average Bonchev–Trinajstić information content (AvgIpc) is 2.55. The Hall–Kier alpha value is -2.54. The largest absolute Gasteiger partial charge is 0.496 e. The van der Waals surface area contributed by atoms with Crippen LogP contribution in [0.3, 0.4) is 0 Å². The highest BCUT2D eigenvalue weighted by molar-refractivity contribution is 5.86. The Morgan fingerprint density at radius 2 is 1.86 bits per heavy atom. The molecule has 7 nitrogen and oxygen atoms in total. The number of anilines is 3. The molecule has 0 amide bonds. The number of piperazine rings is 1. The van der Waals surface area contributed by atoms with Crippen LogP contribution in [-0.4, -0.2) is 43.3 Å². The second kappa shape index (κ2) is 6.07. The molecule has 1 aliphatic rings. The first kappa shape index (κ1) is 14.4. The Morgan fingerprint density at radius 3 is 2.59 bits per heavy atom. The van der Waals surface area contributed by atoms with E-state index in [1.807, 2.05) is 24.3 Å². The summed E-state index contributed by atoms with van der Waals surface area (Å²) in [4.78, 5) is 10.8. The highest BCUT2D eigenvalue weighted by Gasteiger charge is 2.22. The predicted molar refractivity (Wildman–Crippen MR) is 87.9 cm³/mol. The standard InChI is InChI=1S/C15H20N6O/c1-22-11-5-3-2-4-10(11)12-13(14(16)20-15(17)19-12)21-8-6-18-7-9-21/h2-5,18H,6-9H2,1H3,(H4,16,17,19,20). The lowest BCUT2D eigenvalue weighted by atomic mass is 10.1. The van der Waals surface area contributed by atoms with Crippen molar-refractivity contribution in [2.45, 2.75) is 0 Å². The van der Waals surface area contributed by atoms with E-state index in [0.29, 0.717) is 11.5 Å². The van der Waals surface area contributed by atoms with Crippen LogP contribution in [0.4, 0.5) is 17.5 Å². The number of nitrogens with zero attached hydrogens (tertiary/aromatic N) is 3. The van der Waals surface area contributed by atoms with Crippen molar-refractivity contribution in [3.8, 4) is 17.0 Å². The van der Waals surface area contributed by atoms with Crippen molar-refractivity contribution in [3.05, 3.63) is 24.3 Å². The molecule has 3 rings (SSSR count). The SMILES string of the molecule is COc1ccccc1-c1nc(N)nc(N)c1N1CCNCC1. The number of ether oxygens (including phenoxy) is 1. The Labute approximate surface area is 129 Å². The van der Waals surface area contributed by atoms with Crippen LogP contribution in [0, 0.1) is 0 Å². The quantitative estimate of drug-likeness (QED) is 0.767. The molecule has 1 aromatic carbocycles. The number of hydrogen-bond donors (Lipinski definition) is 3. The molecular weight excluding hydrogens is 280 g/mol. The van der Waals surface area contributed by atoms with Gasteiger partial charge in [0.05, 0.1) is 7.11 Å². The van der Waals surface area contributed by atoms with Crippen LogP contribution in [0.15, 0.2) is 24.3 Å². The van der Waals surface area contributed by atoms with Gasteiger partial charge in [-0.25, -0.2) is 4.98 Å². The Kier molecular flexibility index (Phi) is 3.97. The molecule has 22 heavy (non-hydrogen) atoms. The van der Waals surface area contributed by atoms with Crippen molar-refractivity contribution in [2.75, 3.05) is 49.7 Å². The van der Waals surface area contributed by atoms with E-state index in [1.165, 1.54) is 0 Å². The third-order valence-corrected chi connectivity index (χ3v) is 3.72. The molecule has 5 N–H and O–H groups in total. The molecule has 0 unspecified atom stereocenters. The summed E-state index contributed by atoms with van der Waals surface area (Å²) in [5, 5.41) is 3.32. The molecule has 1 aromatic heterocycles. The Bertz CT molecular complexity index is 669. The van der Waals surface area contributed by atoms with Crippen LogP contribution < -0.4 is 26.4 Å². The maximum absolute atomic E-state index is 6.15. The fraction of sp³-hybridized carbons (Fsp3) is 0.333. The molecule has 1 aliphatic heterocycles. The van der Waals surface area contributed by atoms with Gasteiger partial charge in [0.15, 0.2) is 5.82 Å². The minimum Gasteiger partial charge on any atom is -0.496 e. The van der Waals surface area contributed by atoms with Gasteiger partial charge in [-0.1, -0.05) is 12.1 Å². The van der Waals surface area contributed by atoms with E-state index >= 15 is 0 Å². The first-order chi connectivity index (χ1) is 10.7. The van der Waals surface area contributed by atoms with Gasteiger partial charge in [0.2, 0.25) is 5.95 Å². The van der Waals surface area contributed by atoms with E-state index in [9.17, 15) is 0 Å². The minimum atomic E-state index is 0.164. The van der Waals surface area contributed by atoms with Crippen LogP contribution in [0.25, 0.3) is 11.3 Å². The summed E-state index contributed by atoms with van der Waals surface area (Å²) >= 11 is 0. The van der Waals surface area contributed by atoms with Crippen molar-refractivity contribution in [1.29, 1.82) is 0 Å². The van der Waals surface area contributed by atoms with Crippen molar-refractivity contribution < 1.29 is 4.74 Å². The Morgan fingerprint density at radius 1 is 1.14 bits per heavy atom. The smallest absolute Gasteiger partial charge is 0.222 e. The van der Waals surface area contributed by atoms with E-state index in [-0.39, 0.29) is 5.95 Å². The second-order valence-corrected chi connectivity index (χ2v) is 5.10. The number of para-hydroxylation sites is 1. The number of nitrogens with one attached hydrogen (secondary N) is 1.